The summed E-state index contributed by atoms with van der Waals surface area (Å²) in [5, 5.41) is 6.43. The first-order valence-corrected chi connectivity index (χ1v) is 11.7. The van der Waals surface area contributed by atoms with E-state index >= 15 is 0 Å². The van der Waals surface area contributed by atoms with Crippen molar-refractivity contribution in [3.8, 4) is 0 Å². The molecule has 1 heterocycles. The van der Waals surface area contributed by atoms with Gasteiger partial charge >= 0.3 is 12.2 Å². The molecule has 0 aliphatic carbocycles. The number of carbonyl (C=O) groups is 4. The van der Waals surface area contributed by atoms with E-state index in [0.717, 1.165) is 0 Å². The van der Waals surface area contributed by atoms with Crippen molar-refractivity contribution in [3.63, 3.8) is 0 Å². The molecule has 10 heteroatoms. The zero-order valence-corrected chi connectivity index (χ0v) is 21.9. The van der Waals surface area contributed by atoms with Gasteiger partial charge in [0.1, 0.15) is 13.2 Å². The standard InChI is InChI=1S/C24H42N4O6/c1-17(2)20(30)24(6)16-28(8)22(32)34-14-10-9-13-33-21(31)27(7)12-11-23(5,26-18(3)4)19(29)15-25-24/h9-10,17-18,25-26H,11-16H2,1-8H3/t23-,24-/m1/s1. The summed E-state index contributed by atoms with van der Waals surface area (Å²) in [6.07, 6.45) is 2.40. The first-order chi connectivity index (χ1) is 15.7. The number of amides is 2. The van der Waals surface area contributed by atoms with Gasteiger partial charge in [-0.15, -0.1) is 0 Å². The molecule has 2 atom stereocenters. The highest BCUT2D eigenvalue weighted by Gasteiger charge is 2.40. The van der Waals surface area contributed by atoms with Crippen molar-refractivity contribution in [2.24, 2.45) is 5.92 Å². The fourth-order valence-electron chi connectivity index (χ4n) is 3.87. The van der Waals surface area contributed by atoms with Crippen LogP contribution in [0.3, 0.4) is 0 Å². The number of ether oxygens (including phenoxy) is 2. The average Bonchev–Trinajstić information content (AvgIpc) is 2.75. The summed E-state index contributed by atoms with van der Waals surface area (Å²) in [6.45, 7) is 11.2. The van der Waals surface area contributed by atoms with E-state index in [2.05, 4.69) is 10.6 Å². The predicted molar refractivity (Wildman–Crippen MR) is 130 cm³/mol. The van der Waals surface area contributed by atoms with E-state index in [4.69, 9.17) is 9.47 Å². The molecule has 1 aliphatic heterocycles. The van der Waals surface area contributed by atoms with Gasteiger partial charge in [0.15, 0.2) is 11.6 Å². The lowest BCUT2D eigenvalue weighted by Gasteiger charge is -2.37. The Morgan fingerprint density at radius 2 is 1.53 bits per heavy atom. The van der Waals surface area contributed by atoms with Crippen LogP contribution in [0.25, 0.3) is 0 Å². The maximum absolute atomic E-state index is 13.4. The van der Waals surface area contributed by atoms with Crippen molar-refractivity contribution >= 4 is 23.8 Å². The largest absolute Gasteiger partial charge is 0.445 e. The Morgan fingerprint density at radius 3 is 2.03 bits per heavy atom. The number of ketones is 2. The van der Waals surface area contributed by atoms with E-state index in [9.17, 15) is 19.2 Å². The molecule has 0 unspecified atom stereocenters. The number of rotatable bonds is 4. The molecule has 0 aromatic heterocycles. The third-order valence-corrected chi connectivity index (χ3v) is 5.83. The monoisotopic (exact) mass is 482 g/mol. The smallest absolute Gasteiger partial charge is 0.409 e. The van der Waals surface area contributed by atoms with Gasteiger partial charge in [0.2, 0.25) is 0 Å². The maximum Gasteiger partial charge on any atom is 0.409 e. The molecule has 0 saturated carbocycles. The highest BCUT2D eigenvalue weighted by Crippen LogP contribution is 2.18. The summed E-state index contributed by atoms with van der Waals surface area (Å²) in [4.78, 5) is 53.9. The van der Waals surface area contributed by atoms with Crippen LogP contribution in [-0.4, -0.2) is 97.6 Å². The van der Waals surface area contributed by atoms with Crippen LogP contribution in [0.4, 0.5) is 9.59 Å². The van der Waals surface area contributed by atoms with Gasteiger partial charge in [-0.1, -0.05) is 13.8 Å². The number of likely N-dealkylation sites (N-methyl/N-ethyl adjacent to an activating group) is 1. The Hall–Kier alpha value is -2.46. The molecule has 0 radical (unpaired) electrons. The van der Waals surface area contributed by atoms with Gasteiger partial charge in [-0.2, -0.15) is 0 Å². The van der Waals surface area contributed by atoms with Crippen molar-refractivity contribution in [2.45, 2.75) is 65.1 Å². The first kappa shape index (κ1) is 29.6. The van der Waals surface area contributed by atoms with Crippen molar-refractivity contribution in [1.82, 2.24) is 20.4 Å². The number of nitrogens with one attached hydrogen (secondary N) is 2. The second kappa shape index (κ2) is 12.9. The fraction of sp³-hybridized carbons (Fsp3) is 0.750. The number of Topliss-reactive ketones (excluding diaryl/α,β-unsaturated/α-hetero) is 2. The van der Waals surface area contributed by atoms with Crippen LogP contribution in [0.5, 0.6) is 0 Å². The van der Waals surface area contributed by atoms with Crippen LogP contribution < -0.4 is 10.6 Å². The number of hydrogen-bond acceptors (Lipinski definition) is 8. The van der Waals surface area contributed by atoms with Crippen LogP contribution >= 0.6 is 0 Å². The summed E-state index contributed by atoms with van der Waals surface area (Å²) in [7, 11) is 3.15. The Morgan fingerprint density at radius 1 is 1.00 bits per heavy atom. The van der Waals surface area contributed by atoms with Crippen LogP contribution in [0.2, 0.25) is 0 Å². The number of carbonyl (C=O) groups excluding carboxylic acids is 4. The molecule has 2 amide bonds. The molecular weight excluding hydrogens is 440 g/mol. The molecule has 10 nitrogen and oxygen atoms in total. The number of cyclic esters (lactones) is 2. The van der Waals surface area contributed by atoms with Gasteiger partial charge in [0.05, 0.1) is 17.6 Å². The van der Waals surface area contributed by atoms with Gasteiger partial charge in [0.25, 0.3) is 0 Å². The zero-order valence-electron chi connectivity index (χ0n) is 21.9. The normalized spacial score (nSPS) is 26.8. The van der Waals surface area contributed by atoms with Gasteiger partial charge in [-0.3, -0.25) is 14.9 Å². The number of nitrogens with zero attached hydrogens (tertiary/aromatic N) is 2. The van der Waals surface area contributed by atoms with Gasteiger partial charge in [-0.25, -0.2) is 9.59 Å². The minimum atomic E-state index is -1.15. The molecule has 194 valence electrons. The van der Waals surface area contributed by atoms with Gasteiger partial charge in [0, 0.05) is 39.1 Å². The molecule has 1 rings (SSSR count). The van der Waals surface area contributed by atoms with Crippen molar-refractivity contribution < 1.29 is 28.7 Å². The lowest BCUT2D eigenvalue weighted by molar-refractivity contribution is -0.129. The Balaban J connectivity index is 3.26. The predicted octanol–water partition coefficient (Wildman–Crippen LogP) is 1.98. The summed E-state index contributed by atoms with van der Waals surface area (Å²) < 4.78 is 10.4. The van der Waals surface area contributed by atoms with E-state index in [0.29, 0.717) is 13.0 Å². The molecular formula is C24H42N4O6. The Labute approximate surface area is 203 Å². The lowest BCUT2D eigenvalue weighted by Crippen LogP contribution is -2.62. The van der Waals surface area contributed by atoms with E-state index in [1.54, 1.807) is 53.9 Å². The molecule has 0 aromatic carbocycles. The fourth-order valence-corrected chi connectivity index (χ4v) is 3.87. The van der Waals surface area contributed by atoms with Crippen molar-refractivity contribution in [2.75, 3.05) is 46.9 Å². The minimum Gasteiger partial charge on any atom is -0.445 e. The van der Waals surface area contributed by atoms with Crippen molar-refractivity contribution in [3.05, 3.63) is 12.2 Å². The topological polar surface area (TPSA) is 117 Å². The van der Waals surface area contributed by atoms with E-state index in [1.165, 1.54) is 9.80 Å². The summed E-state index contributed by atoms with van der Waals surface area (Å²) in [6, 6.07) is 0.0128. The average molecular weight is 483 g/mol. The Kier molecular flexibility index (Phi) is 11.2. The molecule has 1 aliphatic rings. The summed E-state index contributed by atoms with van der Waals surface area (Å²) in [5.74, 6) is -0.576. The molecule has 0 spiro atoms. The first-order valence-electron chi connectivity index (χ1n) is 11.7. The minimum absolute atomic E-state index is 0.00343. The van der Waals surface area contributed by atoms with Crippen LogP contribution in [0.15, 0.2) is 12.2 Å². The van der Waals surface area contributed by atoms with Gasteiger partial charge < -0.3 is 24.6 Å². The summed E-state index contributed by atoms with van der Waals surface area (Å²) in [5.41, 5.74) is -2.11. The number of hydrogen-bond donors (Lipinski definition) is 2. The third kappa shape index (κ3) is 8.72. The summed E-state index contributed by atoms with van der Waals surface area (Å²) >= 11 is 0. The second-order valence-corrected chi connectivity index (χ2v) is 9.91. The van der Waals surface area contributed by atoms with Crippen LogP contribution in [0.1, 0.15) is 48.0 Å². The van der Waals surface area contributed by atoms with Crippen LogP contribution in [0, 0.1) is 5.92 Å². The molecule has 0 fully saturated rings. The van der Waals surface area contributed by atoms with Gasteiger partial charge in [-0.05, 0) is 46.3 Å². The zero-order chi connectivity index (χ0) is 26.1. The highest BCUT2D eigenvalue weighted by atomic mass is 16.6. The molecule has 0 saturated heterocycles. The molecule has 0 bridgehead atoms. The highest BCUT2D eigenvalue weighted by molar-refractivity contribution is 5.93. The van der Waals surface area contributed by atoms with E-state index in [1.807, 2.05) is 13.8 Å². The lowest BCUT2D eigenvalue weighted by atomic mass is 9.86. The molecule has 2 N–H and O–H groups in total. The maximum atomic E-state index is 13.4. The SMILES string of the molecule is CC(C)N[C@]1(C)CCN(C)C(=O)OCC=CCOC(=O)N(C)C[C@](C)(C(=O)C(C)C)NCC1=O. The third-order valence-electron chi connectivity index (χ3n) is 5.83. The quantitative estimate of drug-likeness (QED) is 0.584. The molecule has 34 heavy (non-hydrogen) atoms. The van der Waals surface area contributed by atoms with Crippen molar-refractivity contribution in [1.29, 1.82) is 0 Å². The molecule has 0 aromatic rings. The van der Waals surface area contributed by atoms with E-state index < -0.39 is 23.3 Å². The second-order valence-electron chi connectivity index (χ2n) is 9.91. The van der Waals surface area contributed by atoms with Crippen LogP contribution in [-0.2, 0) is 19.1 Å². The van der Waals surface area contributed by atoms with E-state index in [-0.39, 0.29) is 49.8 Å². The Bertz CT molecular complexity index is 769.